The first kappa shape index (κ1) is 21.0. The fraction of sp³-hybridized carbons (Fsp3) is 0.105. The zero-order chi connectivity index (χ0) is 21.7. The van der Waals surface area contributed by atoms with Crippen molar-refractivity contribution in [2.24, 2.45) is 0 Å². The zero-order valence-electron chi connectivity index (χ0n) is 14.9. The minimum Gasteiger partial charge on any atom is -0.278 e. The quantitative estimate of drug-likeness (QED) is 0.490. The minimum absolute atomic E-state index is 0.268. The maximum atomic E-state index is 13.4. The molecule has 1 unspecified atom stereocenters. The van der Waals surface area contributed by atoms with Crippen LogP contribution < -0.4 is 0 Å². The van der Waals surface area contributed by atoms with Crippen molar-refractivity contribution in [3.63, 3.8) is 0 Å². The molecule has 1 aliphatic heterocycles. The van der Waals surface area contributed by atoms with Crippen LogP contribution >= 0.6 is 27.5 Å². The average molecular weight is 519 g/mol. The summed E-state index contributed by atoms with van der Waals surface area (Å²) in [5.41, 5.74) is 0.827. The van der Waals surface area contributed by atoms with Gasteiger partial charge >= 0.3 is 6.18 Å². The third kappa shape index (κ3) is 3.52. The molecule has 2 heterocycles. The third-order valence-corrected chi connectivity index (χ3v) is 7.85. The number of hydrogen-bond acceptors (Lipinski definition) is 3. The Balaban J connectivity index is 1.84. The first-order valence-electron chi connectivity index (χ1n) is 8.47. The fourth-order valence-electron chi connectivity index (χ4n) is 3.22. The molecule has 156 valence electrons. The number of aromatic nitrogens is 2. The number of alkyl halides is 3. The maximum absolute atomic E-state index is 13.4. The number of hydrogen-bond donors (Lipinski definition) is 1. The van der Waals surface area contributed by atoms with Gasteiger partial charge in [0, 0.05) is 16.2 Å². The third-order valence-electron chi connectivity index (χ3n) is 4.67. The highest BCUT2D eigenvalue weighted by atomic mass is 79.9. The molecule has 3 aromatic rings. The second-order valence-electron chi connectivity index (χ2n) is 6.46. The molecule has 0 radical (unpaired) electrons. The fourth-order valence-corrected chi connectivity index (χ4v) is 5.33. The minimum atomic E-state index is -4.56. The van der Waals surface area contributed by atoms with Gasteiger partial charge in [0.2, 0.25) is 0 Å². The van der Waals surface area contributed by atoms with Crippen molar-refractivity contribution >= 4 is 43.6 Å². The SMILES string of the molecule is O=S(=O)(c1ccc(C(F)(F)F)cc1)N1C=Cc2[nH]ncc2C1c1cccc(Cl)c1Br. The average Bonchev–Trinajstić information content (AvgIpc) is 3.18. The van der Waals surface area contributed by atoms with Gasteiger partial charge in [0.1, 0.15) is 0 Å². The van der Waals surface area contributed by atoms with E-state index in [0.717, 1.165) is 28.6 Å². The molecule has 0 fully saturated rings. The number of nitrogens with zero attached hydrogens (tertiary/aromatic N) is 2. The van der Waals surface area contributed by atoms with E-state index in [1.165, 1.54) is 12.4 Å². The van der Waals surface area contributed by atoms with Crippen LogP contribution in [0.15, 0.2) is 64.2 Å². The summed E-state index contributed by atoms with van der Waals surface area (Å²) in [5.74, 6) is 0. The Labute approximate surface area is 183 Å². The van der Waals surface area contributed by atoms with Crippen LogP contribution in [0.2, 0.25) is 5.02 Å². The monoisotopic (exact) mass is 517 g/mol. The van der Waals surface area contributed by atoms with Gasteiger partial charge in [-0.15, -0.1) is 0 Å². The standard InChI is InChI=1S/C19H12BrClF3N3O2S/c20-17-13(2-1-3-15(17)21)18-14-10-25-26-16(14)8-9-27(18)30(28,29)12-6-4-11(5-7-12)19(22,23)24/h1-10,18H,(H,25,26). The van der Waals surface area contributed by atoms with Gasteiger partial charge < -0.3 is 0 Å². The Hall–Kier alpha value is -2.30. The van der Waals surface area contributed by atoms with Crippen molar-refractivity contribution < 1.29 is 21.6 Å². The molecule has 1 N–H and O–H groups in total. The molecule has 4 rings (SSSR count). The van der Waals surface area contributed by atoms with E-state index < -0.39 is 27.8 Å². The predicted octanol–water partition coefficient (Wildman–Crippen LogP) is 5.61. The number of benzene rings is 2. The number of fused-ring (bicyclic) bond motifs is 1. The van der Waals surface area contributed by atoms with Crippen LogP contribution in [0.4, 0.5) is 13.2 Å². The molecule has 1 aromatic heterocycles. The molecule has 30 heavy (non-hydrogen) atoms. The first-order chi connectivity index (χ1) is 14.1. The Morgan fingerprint density at radius 2 is 1.80 bits per heavy atom. The van der Waals surface area contributed by atoms with Crippen LogP contribution in [-0.4, -0.2) is 22.9 Å². The molecule has 0 saturated heterocycles. The van der Waals surface area contributed by atoms with E-state index in [4.69, 9.17) is 11.6 Å². The molecule has 0 aliphatic carbocycles. The van der Waals surface area contributed by atoms with Crippen LogP contribution in [-0.2, 0) is 16.2 Å². The Morgan fingerprint density at radius 1 is 1.10 bits per heavy atom. The van der Waals surface area contributed by atoms with Gasteiger partial charge in [-0.2, -0.15) is 18.3 Å². The number of H-pyrrole nitrogens is 1. The molecule has 1 aliphatic rings. The normalized spacial score (nSPS) is 16.6. The molecular weight excluding hydrogens is 507 g/mol. The van der Waals surface area contributed by atoms with Gasteiger partial charge in [-0.1, -0.05) is 23.7 Å². The van der Waals surface area contributed by atoms with Crippen molar-refractivity contribution in [1.82, 2.24) is 14.5 Å². The smallest absolute Gasteiger partial charge is 0.278 e. The molecule has 1 atom stereocenters. The highest BCUT2D eigenvalue weighted by molar-refractivity contribution is 9.10. The Bertz CT molecular complexity index is 1240. The number of halogens is 5. The second kappa shape index (κ2) is 7.44. The summed E-state index contributed by atoms with van der Waals surface area (Å²) in [4.78, 5) is -0.268. The van der Waals surface area contributed by atoms with E-state index >= 15 is 0 Å². The van der Waals surface area contributed by atoms with Crippen LogP contribution in [0, 0.1) is 0 Å². The van der Waals surface area contributed by atoms with Crippen molar-refractivity contribution in [2.75, 3.05) is 0 Å². The summed E-state index contributed by atoms with van der Waals surface area (Å²) in [6.07, 6.45) is -0.163. The lowest BCUT2D eigenvalue weighted by atomic mass is 9.97. The van der Waals surface area contributed by atoms with E-state index in [-0.39, 0.29) is 4.90 Å². The summed E-state index contributed by atoms with van der Waals surface area (Å²) in [7, 11) is -4.20. The molecule has 0 amide bonds. The van der Waals surface area contributed by atoms with Gasteiger partial charge in [-0.3, -0.25) is 9.40 Å². The van der Waals surface area contributed by atoms with E-state index in [1.807, 2.05) is 0 Å². The molecule has 11 heteroatoms. The number of nitrogens with one attached hydrogen (secondary N) is 1. The second-order valence-corrected chi connectivity index (χ2v) is 9.50. The largest absolute Gasteiger partial charge is 0.416 e. The summed E-state index contributed by atoms with van der Waals surface area (Å²) in [5, 5.41) is 7.17. The van der Waals surface area contributed by atoms with Gasteiger partial charge in [-0.05, 0) is 57.9 Å². The highest BCUT2D eigenvalue weighted by Crippen LogP contribution is 2.43. The summed E-state index contributed by atoms with van der Waals surface area (Å²) in [6, 6.07) is 7.60. The Kier molecular flexibility index (Phi) is 5.19. The van der Waals surface area contributed by atoms with E-state index in [0.29, 0.717) is 26.3 Å². The lowest BCUT2D eigenvalue weighted by Gasteiger charge is -2.33. The van der Waals surface area contributed by atoms with Crippen molar-refractivity contribution in [3.05, 3.63) is 86.7 Å². The molecule has 0 bridgehead atoms. The number of rotatable bonds is 3. The number of aromatic amines is 1. The first-order valence-corrected chi connectivity index (χ1v) is 11.1. The molecule has 2 aromatic carbocycles. The molecule has 0 spiro atoms. The van der Waals surface area contributed by atoms with Crippen LogP contribution in [0.25, 0.3) is 6.08 Å². The molecule has 0 saturated carbocycles. The van der Waals surface area contributed by atoms with Crippen LogP contribution in [0.3, 0.4) is 0 Å². The topological polar surface area (TPSA) is 66.1 Å². The molecular formula is C19H12BrClF3N3O2S. The predicted molar refractivity (Wildman–Crippen MR) is 109 cm³/mol. The van der Waals surface area contributed by atoms with Gasteiger partial charge in [0.25, 0.3) is 10.0 Å². The van der Waals surface area contributed by atoms with E-state index in [2.05, 4.69) is 26.1 Å². The van der Waals surface area contributed by atoms with Gasteiger partial charge in [0.15, 0.2) is 0 Å². The summed E-state index contributed by atoms with van der Waals surface area (Å²) < 4.78 is 66.9. The summed E-state index contributed by atoms with van der Waals surface area (Å²) in [6.45, 7) is 0. The van der Waals surface area contributed by atoms with E-state index in [9.17, 15) is 21.6 Å². The van der Waals surface area contributed by atoms with Gasteiger partial charge in [0.05, 0.1) is 33.4 Å². The zero-order valence-corrected chi connectivity index (χ0v) is 18.0. The van der Waals surface area contributed by atoms with Crippen molar-refractivity contribution in [2.45, 2.75) is 17.1 Å². The van der Waals surface area contributed by atoms with Gasteiger partial charge in [-0.25, -0.2) is 8.42 Å². The number of sulfonamides is 1. The lowest BCUT2D eigenvalue weighted by molar-refractivity contribution is -0.137. The van der Waals surface area contributed by atoms with Crippen LogP contribution in [0.1, 0.15) is 28.4 Å². The molecule has 5 nitrogen and oxygen atoms in total. The summed E-state index contributed by atoms with van der Waals surface area (Å²) >= 11 is 9.61. The van der Waals surface area contributed by atoms with Crippen molar-refractivity contribution in [1.29, 1.82) is 0 Å². The van der Waals surface area contributed by atoms with E-state index in [1.54, 1.807) is 24.3 Å². The van der Waals surface area contributed by atoms with Crippen LogP contribution in [0.5, 0.6) is 0 Å². The van der Waals surface area contributed by atoms with Crippen molar-refractivity contribution in [3.8, 4) is 0 Å². The maximum Gasteiger partial charge on any atom is 0.416 e. The highest BCUT2D eigenvalue weighted by Gasteiger charge is 2.37. The Morgan fingerprint density at radius 3 is 2.47 bits per heavy atom. The lowest BCUT2D eigenvalue weighted by Crippen LogP contribution is -2.33.